The fraction of sp³-hybridized carbons (Fsp3) is 0.250. The van der Waals surface area contributed by atoms with E-state index in [9.17, 15) is 20.0 Å². The number of methoxy groups -OCH3 is 1. The highest BCUT2D eigenvalue weighted by Gasteiger charge is 2.27. The summed E-state index contributed by atoms with van der Waals surface area (Å²) in [5.74, 6) is -0.605. The van der Waals surface area contributed by atoms with Crippen LogP contribution in [0.1, 0.15) is 34.3 Å². The third-order valence-electron chi connectivity index (χ3n) is 5.17. The summed E-state index contributed by atoms with van der Waals surface area (Å²) in [6.07, 6.45) is 3.56. The zero-order chi connectivity index (χ0) is 18.4. The van der Waals surface area contributed by atoms with Crippen LogP contribution in [0.2, 0.25) is 0 Å². The fourth-order valence-corrected chi connectivity index (χ4v) is 4.08. The number of carboxylic acids is 1. The van der Waals surface area contributed by atoms with Crippen LogP contribution in [0, 0.1) is 10.1 Å². The van der Waals surface area contributed by atoms with E-state index < -0.39 is 10.9 Å². The minimum atomic E-state index is -1.14. The maximum absolute atomic E-state index is 11.9. The van der Waals surface area contributed by atoms with Gasteiger partial charge < -0.3 is 9.84 Å². The number of nitrogens with zero attached hydrogens (tertiary/aromatic N) is 1. The minimum Gasteiger partial charge on any atom is -0.496 e. The lowest BCUT2D eigenvalue weighted by Gasteiger charge is -2.21. The molecule has 1 N–H and O–H groups in total. The molecule has 6 heteroatoms. The van der Waals surface area contributed by atoms with Gasteiger partial charge in [-0.15, -0.1) is 0 Å². The Morgan fingerprint density at radius 3 is 2.62 bits per heavy atom. The molecule has 6 nitrogen and oxygen atoms in total. The maximum atomic E-state index is 11.9. The smallest absolute Gasteiger partial charge is 0.336 e. The average molecular weight is 351 g/mol. The van der Waals surface area contributed by atoms with Crippen molar-refractivity contribution in [3.8, 4) is 5.75 Å². The van der Waals surface area contributed by atoms with E-state index in [4.69, 9.17) is 4.74 Å². The van der Waals surface area contributed by atoms with E-state index in [-0.39, 0.29) is 16.6 Å². The normalized spacial score (nSPS) is 13.6. The van der Waals surface area contributed by atoms with E-state index in [0.29, 0.717) is 16.5 Å². The zero-order valence-corrected chi connectivity index (χ0v) is 14.2. The molecule has 0 fully saturated rings. The molecule has 0 unspecified atom stereocenters. The van der Waals surface area contributed by atoms with Crippen LogP contribution in [0.4, 0.5) is 5.69 Å². The van der Waals surface area contributed by atoms with Gasteiger partial charge in [-0.05, 0) is 54.3 Å². The molecule has 3 aromatic carbocycles. The highest BCUT2D eigenvalue weighted by atomic mass is 16.6. The number of carbonyl (C=O) groups is 1. The van der Waals surface area contributed by atoms with Crippen LogP contribution in [-0.4, -0.2) is 23.1 Å². The van der Waals surface area contributed by atoms with Crippen molar-refractivity contribution in [1.82, 2.24) is 0 Å². The molecule has 0 spiro atoms. The van der Waals surface area contributed by atoms with E-state index in [2.05, 4.69) is 0 Å². The van der Waals surface area contributed by atoms with Crippen molar-refractivity contribution < 1.29 is 19.6 Å². The maximum Gasteiger partial charge on any atom is 0.336 e. The van der Waals surface area contributed by atoms with Crippen LogP contribution in [0.5, 0.6) is 5.75 Å². The second-order valence-electron chi connectivity index (χ2n) is 6.53. The minimum absolute atomic E-state index is 0.00271. The van der Waals surface area contributed by atoms with Crippen molar-refractivity contribution in [3.63, 3.8) is 0 Å². The summed E-state index contributed by atoms with van der Waals surface area (Å²) in [5.41, 5.74) is 1.81. The fourth-order valence-electron chi connectivity index (χ4n) is 4.08. The summed E-state index contributed by atoms with van der Waals surface area (Å²) in [6.45, 7) is 0. The van der Waals surface area contributed by atoms with E-state index >= 15 is 0 Å². The van der Waals surface area contributed by atoms with Gasteiger partial charge in [0.2, 0.25) is 0 Å². The molecule has 0 heterocycles. The summed E-state index contributed by atoms with van der Waals surface area (Å²) in [6, 6.07) is 8.52. The summed E-state index contributed by atoms with van der Waals surface area (Å²) in [7, 11) is 1.52. The summed E-state index contributed by atoms with van der Waals surface area (Å²) >= 11 is 0. The van der Waals surface area contributed by atoms with E-state index in [0.717, 1.165) is 42.2 Å². The molecular weight excluding hydrogens is 334 g/mol. The number of non-ortho nitro benzene ring substituents is 1. The van der Waals surface area contributed by atoms with Crippen molar-refractivity contribution in [2.45, 2.75) is 25.7 Å². The van der Waals surface area contributed by atoms with Gasteiger partial charge in [-0.25, -0.2) is 4.79 Å². The van der Waals surface area contributed by atoms with E-state index in [1.807, 2.05) is 12.1 Å². The number of hydrogen-bond donors (Lipinski definition) is 1. The van der Waals surface area contributed by atoms with Gasteiger partial charge in [0.15, 0.2) is 0 Å². The van der Waals surface area contributed by atoms with Gasteiger partial charge in [0, 0.05) is 16.8 Å². The summed E-state index contributed by atoms with van der Waals surface area (Å²) < 4.78 is 5.39. The molecule has 26 heavy (non-hydrogen) atoms. The Morgan fingerprint density at radius 2 is 1.92 bits per heavy atom. The van der Waals surface area contributed by atoms with Crippen LogP contribution in [0.15, 0.2) is 30.3 Å². The predicted molar refractivity (Wildman–Crippen MR) is 98.3 cm³/mol. The molecular formula is C20H17NO5. The monoisotopic (exact) mass is 351 g/mol. The zero-order valence-electron chi connectivity index (χ0n) is 14.2. The van der Waals surface area contributed by atoms with Crippen molar-refractivity contribution in [1.29, 1.82) is 0 Å². The Morgan fingerprint density at radius 1 is 1.15 bits per heavy atom. The van der Waals surface area contributed by atoms with Gasteiger partial charge in [0.05, 0.1) is 23.0 Å². The molecule has 132 valence electrons. The topological polar surface area (TPSA) is 89.7 Å². The number of aryl methyl sites for hydroxylation is 2. The van der Waals surface area contributed by atoms with Crippen LogP contribution in [0.3, 0.4) is 0 Å². The van der Waals surface area contributed by atoms with Crippen LogP contribution in [0.25, 0.3) is 21.5 Å². The van der Waals surface area contributed by atoms with Gasteiger partial charge in [-0.3, -0.25) is 10.1 Å². The van der Waals surface area contributed by atoms with Gasteiger partial charge in [-0.2, -0.15) is 0 Å². The Kier molecular flexibility index (Phi) is 3.76. The molecule has 0 amide bonds. The molecule has 0 aliphatic heterocycles. The number of nitro benzene ring substituents is 1. The first-order valence-electron chi connectivity index (χ1n) is 8.48. The average Bonchev–Trinajstić information content (AvgIpc) is 2.65. The second kappa shape index (κ2) is 5.98. The lowest BCUT2D eigenvalue weighted by Crippen LogP contribution is -2.09. The van der Waals surface area contributed by atoms with Crippen molar-refractivity contribution in [2.24, 2.45) is 0 Å². The molecule has 0 bridgehead atoms. The standard InChI is InChI=1S/C20H17NO5/c1-26-17-8-4-7-13-14(17)10-16(21(24)25)19-15(20(22)23)9-11-5-2-3-6-12(11)18(13)19/h4,7-10H,2-3,5-6H2,1H3,(H,22,23). The highest BCUT2D eigenvalue weighted by Crippen LogP contribution is 2.43. The molecule has 1 aliphatic rings. The number of carboxylic acid groups (broad SMARTS) is 1. The van der Waals surface area contributed by atoms with E-state index in [1.165, 1.54) is 13.2 Å². The number of fused-ring (bicyclic) bond motifs is 5. The van der Waals surface area contributed by atoms with Gasteiger partial charge >= 0.3 is 5.97 Å². The SMILES string of the molecule is COc1cccc2c1cc([N+](=O)[O-])c1c(C(=O)O)cc3c(c12)CCCC3. The lowest BCUT2D eigenvalue weighted by atomic mass is 9.83. The molecule has 0 aromatic heterocycles. The van der Waals surface area contributed by atoms with Gasteiger partial charge in [0.1, 0.15) is 5.75 Å². The highest BCUT2D eigenvalue weighted by molar-refractivity contribution is 6.20. The number of nitro groups is 1. The molecule has 0 atom stereocenters. The van der Waals surface area contributed by atoms with Gasteiger partial charge in [0.25, 0.3) is 5.69 Å². The van der Waals surface area contributed by atoms with Gasteiger partial charge in [-0.1, -0.05) is 12.1 Å². The largest absolute Gasteiger partial charge is 0.496 e. The third kappa shape index (κ3) is 2.29. The van der Waals surface area contributed by atoms with Crippen LogP contribution < -0.4 is 4.74 Å². The number of hydrogen-bond acceptors (Lipinski definition) is 4. The van der Waals surface area contributed by atoms with E-state index in [1.54, 1.807) is 12.1 Å². The van der Waals surface area contributed by atoms with Crippen molar-refractivity contribution >= 4 is 33.2 Å². The molecule has 1 aliphatic carbocycles. The summed E-state index contributed by atoms with van der Waals surface area (Å²) in [5, 5.41) is 23.8. The Bertz CT molecular complexity index is 1090. The molecule has 3 aromatic rings. The number of rotatable bonds is 3. The Labute approximate surface area is 149 Å². The van der Waals surface area contributed by atoms with Crippen LogP contribution in [-0.2, 0) is 12.8 Å². The first kappa shape index (κ1) is 16.3. The molecule has 4 rings (SSSR count). The van der Waals surface area contributed by atoms with Crippen molar-refractivity contribution in [2.75, 3.05) is 7.11 Å². The second-order valence-corrected chi connectivity index (χ2v) is 6.53. The lowest BCUT2D eigenvalue weighted by molar-refractivity contribution is -0.383. The molecule has 0 saturated carbocycles. The molecule has 0 saturated heterocycles. The quantitative estimate of drug-likeness (QED) is 0.427. The molecule has 0 radical (unpaired) electrons. The third-order valence-corrected chi connectivity index (χ3v) is 5.17. The Hall–Kier alpha value is -3.15. The Balaban J connectivity index is 2.32. The first-order chi connectivity index (χ1) is 12.5. The summed E-state index contributed by atoms with van der Waals surface area (Å²) in [4.78, 5) is 23.2. The number of ether oxygens (including phenoxy) is 1. The van der Waals surface area contributed by atoms with Crippen molar-refractivity contribution in [3.05, 3.63) is 57.1 Å². The first-order valence-corrected chi connectivity index (χ1v) is 8.48. The van der Waals surface area contributed by atoms with Crippen LogP contribution >= 0.6 is 0 Å². The number of benzene rings is 3. The predicted octanol–water partition coefficient (Wildman–Crippen LogP) is 4.49. The number of aromatic carboxylic acids is 1.